The zero-order valence-electron chi connectivity index (χ0n) is 13.5. The SMILES string of the molecule is CNc1ccccc1C(=O)N(C)CCc1c[nH]c2ccccc12. The number of aromatic amines is 1. The quantitative estimate of drug-likeness (QED) is 0.757. The normalized spacial score (nSPS) is 10.7. The topological polar surface area (TPSA) is 48.1 Å². The van der Waals surface area contributed by atoms with E-state index in [0.717, 1.165) is 17.6 Å². The summed E-state index contributed by atoms with van der Waals surface area (Å²) in [4.78, 5) is 17.7. The van der Waals surface area contributed by atoms with Crippen LogP contribution in [0.2, 0.25) is 0 Å². The van der Waals surface area contributed by atoms with Gasteiger partial charge in [0, 0.05) is 43.4 Å². The zero-order valence-corrected chi connectivity index (χ0v) is 13.5. The van der Waals surface area contributed by atoms with Crippen LogP contribution in [0.1, 0.15) is 15.9 Å². The maximum absolute atomic E-state index is 12.6. The van der Waals surface area contributed by atoms with Crippen LogP contribution in [-0.2, 0) is 6.42 Å². The number of aromatic nitrogens is 1. The van der Waals surface area contributed by atoms with Gasteiger partial charge in [0.2, 0.25) is 0 Å². The van der Waals surface area contributed by atoms with E-state index in [1.54, 1.807) is 4.90 Å². The maximum atomic E-state index is 12.6. The summed E-state index contributed by atoms with van der Waals surface area (Å²) in [6, 6.07) is 15.8. The summed E-state index contributed by atoms with van der Waals surface area (Å²) in [7, 11) is 3.68. The van der Waals surface area contributed by atoms with Crippen LogP contribution in [-0.4, -0.2) is 36.4 Å². The van der Waals surface area contributed by atoms with Gasteiger partial charge in [0.15, 0.2) is 0 Å². The summed E-state index contributed by atoms with van der Waals surface area (Å²) in [6.45, 7) is 0.679. The van der Waals surface area contributed by atoms with E-state index in [2.05, 4.69) is 22.4 Å². The lowest BCUT2D eigenvalue weighted by molar-refractivity contribution is 0.0797. The third-order valence-corrected chi connectivity index (χ3v) is 4.16. The maximum Gasteiger partial charge on any atom is 0.255 e. The molecule has 0 unspecified atom stereocenters. The molecule has 0 aliphatic heterocycles. The van der Waals surface area contributed by atoms with Crippen LogP contribution in [0.25, 0.3) is 10.9 Å². The van der Waals surface area contributed by atoms with Crippen molar-refractivity contribution < 1.29 is 4.79 Å². The van der Waals surface area contributed by atoms with Crippen LogP contribution in [0, 0.1) is 0 Å². The fourth-order valence-electron chi connectivity index (χ4n) is 2.82. The van der Waals surface area contributed by atoms with Crippen molar-refractivity contribution in [3.8, 4) is 0 Å². The third kappa shape index (κ3) is 3.06. The molecule has 0 spiro atoms. The number of para-hydroxylation sites is 2. The molecular formula is C19H21N3O. The van der Waals surface area contributed by atoms with Crippen molar-refractivity contribution in [1.82, 2.24) is 9.88 Å². The molecule has 1 amide bonds. The van der Waals surface area contributed by atoms with Gasteiger partial charge in [-0.1, -0.05) is 30.3 Å². The Kier molecular flexibility index (Phi) is 4.33. The molecule has 23 heavy (non-hydrogen) atoms. The van der Waals surface area contributed by atoms with Crippen molar-refractivity contribution >= 4 is 22.5 Å². The minimum Gasteiger partial charge on any atom is -0.387 e. The van der Waals surface area contributed by atoms with E-state index in [0.29, 0.717) is 12.1 Å². The monoisotopic (exact) mass is 307 g/mol. The number of nitrogens with one attached hydrogen (secondary N) is 2. The number of carbonyl (C=O) groups excluding carboxylic acids is 1. The first kappa shape index (κ1) is 15.2. The Morgan fingerprint density at radius 1 is 1.13 bits per heavy atom. The lowest BCUT2D eigenvalue weighted by atomic mass is 10.1. The van der Waals surface area contributed by atoms with Gasteiger partial charge in [-0.05, 0) is 30.2 Å². The summed E-state index contributed by atoms with van der Waals surface area (Å²) in [5.41, 5.74) is 3.94. The van der Waals surface area contributed by atoms with Gasteiger partial charge in [-0.3, -0.25) is 4.79 Å². The summed E-state index contributed by atoms with van der Waals surface area (Å²) >= 11 is 0. The minimum atomic E-state index is 0.0368. The molecule has 0 atom stereocenters. The highest BCUT2D eigenvalue weighted by Gasteiger charge is 2.15. The van der Waals surface area contributed by atoms with E-state index < -0.39 is 0 Å². The molecule has 1 aromatic heterocycles. The third-order valence-electron chi connectivity index (χ3n) is 4.16. The predicted molar refractivity (Wildman–Crippen MR) is 95.0 cm³/mol. The molecule has 4 heteroatoms. The molecule has 118 valence electrons. The number of anilines is 1. The number of nitrogens with zero attached hydrogens (tertiary/aromatic N) is 1. The molecule has 0 aliphatic rings. The second kappa shape index (κ2) is 6.57. The average molecular weight is 307 g/mol. The van der Waals surface area contributed by atoms with E-state index in [9.17, 15) is 4.79 Å². The number of amides is 1. The van der Waals surface area contributed by atoms with Crippen LogP contribution in [0.3, 0.4) is 0 Å². The highest BCUT2D eigenvalue weighted by atomic mass is 16.2. The molecule has 0 saturated heterocycles. The Morgan fingerprint density at radius 2 is 1.87 bits per heavy atom. The average Bonchev–Trinajstić information content (AvgIpc) is 3.02. The van der Waals surface area contributed by atoms with Gasteiger partial charge in [0.25, 0.3) is 5.91 Å². The second-order valence-corrected chi connectivity index (χ2v) is 5.63. The number of hydrogen-bond donors (Lipinski definition) is 2. The van der Waals surface area contributed by atoms with Gasteiger partial charge < -0.3 is 15.2 Å². The molecular weight excluding hydrogens is 286 g/mol. The lowest BCUT2D eigenvalue weighted by Gasteiger charge is -2.18. The zero-order chi connectivity index (χ0) is 16.2. The minimum absolute atomic E-state index is 0.0368. The van der Waals surface area contributed by atoms with Crippen LogP contribution >= 0.6 is 0 Å². The Morgan fingerprint density at radius 3 is 2.70 bits per heavy atom. The Balaban J connectivity index is 1.72. The molecule has 2 N–H and O–H groups in total. The number of likely N-dealkylation sites (N-methyl/N-ethyl adjacent to an activating group) is 1. The fourth-order valence-corrected chi connectivity index (χ4v) is 2.82. The highest BCUT2D eigenvalue weighted by molar-refractivity contribution is 5.99. The van der Waals surface area contributed by atoms with Gasteiger partial charge >= 0.3 is 0 Å². The lowest BCUT2D eigenvalue weighted by Crippen LogP contribution is -2.29. The van der Waals surface area contributed by atoms with Crippen LogP contribution in [0.4, 0.5) is 5.69 Å². The number of fused-ring (bicyclic) bond motifs is 1. The molecule has 3 aromatic rings. The van der Waals surface area contributed by atoms with E-state index >= 15 is 0 Å². The van der Waals surface area contributed by atoms with Crippen molar-refractivity contribution in [2.24, 2.45) is 0 Å². The molecule has 2 aromatic carbocycles. The van der Waals surface area contributed by atoms with E-state index in [1.165, 1.54) is 10.9 Å². The van der Waals surface area contributed by atoms with Gasteiger partial charge in [-0.15, -0.1) is 0 Å². The number of H-pyrrole nitrogens is 1. The smallest absolute Gasteiger partial charge is 0.255 e. The molecule has 0 radical (unpaired) electrons. The Hall–Kier alpha value is -2.75. The fraction of sp³-hybridized carbons (Fsp3) is 0.211. The first-order valence-corrected chi connectivity index (χ1v) is 7.78. The van der Waals surface area contributed by atoms with Crippen molar-refractivity contribution in [3.05, 3.63) is 65.9 Å². The molecule has 0 bridgehead atoms. The second-order valence-electron chi connectivity index (χ2n) is 5.63. The summed E-state index contributed by atoms with van der Waals surface area (Å²) in [5, 5.41) is 4.30. The van der Waals surface area contributed by atoms with E-state index in [1.807, 2.05) is 56.7 Å². The molecule has 0 aliphatic carbocycles. The predicted octanol–water partition coefficient (Wildman–Crippen LogP) is 3.52. The summed E-state index contributed by atoms with van der Waals surface area (Å²) in [6.07, 6.45) is 2.86. The standard InChI is InChI=1S/C19H21N3O/c1-20-17-9-5-4-8-16(17)19(23)22(2)12-11-14-13-21-18-10-6-3-7-15(14)18/h3-10,13,20-21H,11-12H2,1-2H3. The first-order chi connectivity index (χ1) is 11.2. The van der Waals surface area contributed by atoms with Crippen molar-refractivity contribution in [2.75, 3.05) is 26.0 Å². The molecule has 0 fully saturated rings. The summed E-state index contributed by atoms with van der Waals surface area (Å²) < 4.78 is 0. The Labute approximate surface area is 136 Å². The molecule has 1 heterocycles. The van der Waals surface area contributed by atoms with E-state index in [-0.39, 0.29) is 5.91 Å². The number of rotatable bonds is 5. The highest BCUT2D eigenvalue weighted by Crippen LogP contribution is 2.19. The largest absolute Gasteiger partial charge is 0.387 e. The van der Waals surface area contributed by atoms with Gasteiger partial charge in [0.05, 0.1) is 5.56 Å². The van der Waals surface area contributed by atoms with Crippen LogP contribution in [0.5, 0.6) is 0 Å². The van der Waals surface area contributed by atoms with Gasteiger partial charge in [-0.2, -0.15) is 0 Å². The van der Waals surface area contributed by atoms with Crippen molar-refractivity contribution in [2.45, 2.75) is 6.42 Å². The summed E-state index contributed by atoms with van der Waals surface area (Å²) in [5.74, 6) is 0.0368. The molecule has 4 nitrogen and oxygen atoms in total. The number of benzene rings is 2. The van der Waals surface area contributed by atoms with Gasteiger partial charge in [-0.25, -0.2) is 0 Å². The number of hydrogen-bond acceptors (Lipinski definition) is 2. The van der Waals surface area contributed by atoms with Gasteiger partial charge in [0.1, 0.15) is 0 Å². The van der Waals surface area contributed by atoms with Crippen LogP contribution < -0.4 is 5.32 Å². The van der Waals surface area contributed by atoms with Crippen molar-refractivity contribution in [1.29, 1.82) is 0 Å². The number of carbonyl (C=O) groups is 1. The van der Waals surface area contributed by atoms with E-state index in [4.69, 9.17) is 0 Å². The van der Waals surface area contributed by atoms with Crippen molar-refractivity contribution in [3.63, 3.8) is 0 Å². The molecule has 0 saturated carbocycles. The first-order valence-electron chi connectivity index (χ1n) is 7.78. The Bertz CT molecular complexity index is 822. The van der Waals surface area contributed by atoms with Crippen LogP contribution in [0.15, 0.2) is 54.7 Å². The molecule has 3 rings (SSSR count).